The quantitative estimate of drug-likeness (QED) is 0.878. The minimum absolute atomic E-state index is 0.305. The van der Waals surface area contributed by atoms with Gasteiger partial charge in [-0.1, -0.05) is 11.6 Å². The molecule has 2 aromatic rings. The van der Waals surface area contributed by atoms with Crippen LogP contribution in [0.15, 0.2) is 16.7 Å². The molecule has 0 atom stereocenters. The fraction of sp³-hybridized carbons (Fsp3) is 0.200. The number of halogens is 1. The van der Waals surface area contributed by atoms with Gasteiger partial charge in [0.05, 0.1) is 10.9 Å². The van der Waals surface area contributed by atoms with Crippen LogP contribution >= 0.6 is 11.6 Å². The normalized spacial score (nSPS) is 10.3. The van der Waals surface area contributed by atoms with Gasteiger partial charge < -0.3 is 15.0 Å². The van der Waals surface area contributed by atoms with Gasteiger partial charge in [-0.25, -0.2) is 0 Å². The maximum Gasteiger partial charge on any atom is 0.262 e. The molecule has 2 rings (SSSR count). The molecule has 5 nitrogen and oxygen atoms in total. The van der Waals surface area contributed by atoms with Crippen LogP contribution in [0.5, 0.6) is 5.88 Å². The standard InChI is InChI=1S/C10H8ClN3O2/c11-7-3-6(5-13)9-8(4-7)10(14-16-9)15-2-1-12/h3-4H,1-2,12H2. The minimum Gasteiger partial charge on any atom is -0.474 e. The Hall–Kier alpha value is -1.77. The number of ether oxygens (including phenoxy) is 1. The van der Waals surface area contributed by atoms with Crippen LogP contribution in [0.1, 0.15) is 5.56 Å². The molecule has 0 saturated heterocycles. The summed E-state index contributed by atoms with van der Waals surface area (Å²) in [5.41, 5.74) is 6.02. The summed E-state index contributed by atoms with van der Waals surface area (Å²) in [6.45, 7) is 0.704. The highest BCUT2D eigenvalue weighted by molar-refractivity contribution is 6.31. The van der Waals surface area contributed by atoms with Gasteiger partial charge in [0.15, 0.2) is 5.58 Å². The summed E-state index contributed by atoms with van der Waals surface area (Å²) in [5.74, 6) is 0.305. The van der Waals surface area contributed by atoms with Crippen molar-refractivity contribution < 1.29 is 9.26 Å². The van der Waals surface area contributed by atoms with Crippen LogP contribution in [-0.2, 0) is 0 Å². The Morgan fingerprint density at radius 3 is 3.06 bits per heavy atom. The van der Waals surface area contributed by atoms with E-state index in [1.807, 2.05) is 6.07 Å². The first-order valence-electron chi connectivity index (χ1n) is 4.58. The van der Waals surface area contributed by atoms with Crippen molar-refractivity contribution in [3.8, 4) is 11.9 Å². The van der Waals surface area contributed by atoms with E-state index in [2.05, 4.69) is 5.16 Å². The summed E-state index contributed by atoms with van der Waals surface area (Å²) in [5, 5.41) is 13.6. The van der Waals surface area contributed by atoms with Gasteiger partial charge in [-0.05, 0) is 17.3 Å². The number of hydrogen-bond donors (Lipinski definition) is 1. The van der Waals surface area contributed by atoms with Gasteiger partial charge in [0, 0.05) is 11.6 Å². The Bertz CT molecular complexity index is 559. The van der Waals surface area contributed by atoms with Crippen LogP contribution in [0.4, 0.5) is 0 Å². The zero-order chi connectivity index (χ0) is 11.5. The van der Waals surface area contributed by atoms with Crippen molar-refractivity contribution in [2.75, 3.05) is 13.2 Å². The first kappa shape index (κ1) is 10.7. The second-order valence-corrected chi connectivity index (χ2v) is 3.50. The van der Waals surface area contributed by atoms with Gasteiger partial charge in [-0.2, -0.15) is 5.26 Å². The molecule has 0 radical (unpaired) electrons. The van der Waals surface area contributed by atoms with Gasteiger partial charge in [0.25, 0.3) is 5.88 Å². The lowest BCUT2D eigenvalue weighted by Gasteiger charge is -1.99. The molecule has 0 saturated carbocycles. The average molecular weight is 238 g/mol. The van der Waals surface area contributed by atoms with Gasteiger partial charge >= 0.3 is 0 Å². The zero-order valence-corrected chi connectivity index (χ0v) is 8.99. The number of rotatable bonds is 3. The molecular formula is C10H8ClN3O2. The van der Waals surface area contributed by atoms with Crippen LogP contribution in [0.3, 0.4) is 0 Å². The Labute approximate surface area is 96.3 Å². The first-order valence-corrected chi connectivity index (χ1v) is 4.96. The third-order valence-corrected chi connectivity index (χ3v) is 2.20. The lowest BCUT2D eigenvalue weighted by molar-refractivity contribution is 0.293. The molecule has 16 heavy (non-hydrogen) atoms. The summed E-state index contributed by atoms with van der Waals surface area (Å²) in [7, 11) is 0. The average Bonchev–Trinajstić information content (AvgIpc) is 2.68. The van der Waals surface area contributed by atoms with Crippen molar-refractivity contribution in [1.29, 1.82) is 5.26 Å². The topological polar surface area (TPSA) is 85.1 Å². The monoisotopic (exact) mass is 237 g/mol. The highest BCUT2D eigenvalue weighted by atomic mass is 35.5. The van der Waals surface area contributed by atoms with Crippen molar-refractivity contribution in [3.05, 3.63) is 22.7 Å². The van der Waals surface area contributed by atoms with E-state index >= 15 is 0 Å². The molecule has 0 aliphatic heterocycles. The van der Waals surface area contributed by atoms with Crippen LogP contribution in [-0.4, -0.2) is 18.3 Å². The van der Waals surface area contributed by atoms with E-state index in [9.17, 15) is 0 Å². The highest BCUT2D eigenvalue weighted by Gasteiger charge is 2.14. The summed E-state index contributed by atoms with van der Waals surface area (Å²) >= 11 is 5.86. The molecule has 2 N–H and O–H groups in total. The highest BCUT2D eigenvalue weighted by Crippen LogP contribution is 2.30. The summed E-state index contributed by atoms with van der Waals surface area (Å²) < 4.78 is 10.3. The van der Waals surface area contributed by atoms with Crippen LogP contribution in [0.25, 0.3) is 11.0 Å². The van der Waals surface area contributed by atoms with E-state index in [-0.39, 0.29) is 0 Å². The second kappa shape index (κ2) is 4.39. The molecule has 82 valence electrons. The zero-order valence-electron chi connectivity index (χ0n) is 8.24. The van der Waals surface area contributed by atoms with E-state index in [1.54, 1.807) is 6.07 Å². The SMILES string of the molecule is N#Cc1cc(Cl)cc2c(OCCN)noc12. The lowest BCUT2D eigenvalue weighted by atomic mass is 10.2. The predicted molar refractivity (Wildman–Crippen MR) is 58.3 cm³/mol. The fourth-order valence-electron chi connectivity index (χ4n) is 1.33. The maximum absolute atomic E-state index is 8.89. The van der Waals surface area contributed by atoms with E-state index in [1.165, 1.54) is 6.07 Å². The summed E-state index contributed by atoms with van der Waals surface area (Å²) in [6.07, 6.45) is 0. The number of nitriles is 1. The number of fused-ring (bicyclic) bond motifs is 1. The third kappa shape index (κ3) is 1.81. The van der Waals surface area contributed by atoms with E-state index in [0.717, 1.165) is 0 Å². The molecule has 0 aliphatic carbocycles. The number of benzene rings is 1. The molecular weight excluding hydrogens is 230 g/mol. The van der Waals surface area contributed by atoms with Crippen LogP contribution in [0, 0.1) is 11.3 Å². The van der Waals surface area contributed by atoms with Crippen molar-refractivity contribution in [2.24, 2.45) is 5.73 Å². The molecule has 1 heterocycles. The number of hydrogen-bond acceptors (Lipinski definition) is 5. The minimum atomic E-state index is 0.305. The first-order chi connectivity index (χ1) is 7.76. The molecule has 0 spiro atoms. The Balaban J connectivity index is 2.55. The maximum atomic E-state index is 8.89. The van der Waals surface area contributed by atoms with Crippen molar-refractivity contribution in [1.82, 2.24) is 5.16 Å². The van der Waals surface area contributed by atoms with Crippen LogP contribution < -0.4 is 10.5 Å². The molecule has 0 unspecified atom stereocenters. The van der Waals surface area contributed by atoms with Crippen molar-refractivity contribution >= 4 is 22.6 Å². The Morgan fingerprint density at radius 2 is 2.38 bits per heavy atom. The van der Waals surface area contributed by atoms with E-state index < -0.39 is 0 Å². The smallest absolute Gasteiger partial charge is 0.262 e. The predicted octanol–water partition coefficient (Wildman–Crippen LogP) is 1.69. The molecule has 6 heteroatoms. The Kier molecular flexibility index (Phi) is 2.95. The molecule has 1 aromatic heterocycles. The molecule has 0 amide bonds. The third-order valence-electron chi connectivity index (χ3n) is 1.98. The summed E-state index contributed by atoms with van der Waals surface area (Å²) in [4.78, 5) is 0. The van der Waals surface area contributed by atoms with Gasteiger partial charge in [0.1, 0.15) is 12.7 Å². The summed E-state index contributed by atoms with van der Waals surface area (Å²) in [6, 6.07) is 5.14. The van der Waals surface area contributed by atoms with Crippen LogP contribution in [0.2, 0.25) is 5.02 Å². The number of nitrogens with zero attached hydrogens (tertiary/aromatic N) is 2. The molecule has 0 aliphatic rings. The van der Waals surface area contributed by atoms with Gasteiger partial charge in [-0.15, -0.1) is 0 Å². The Morgan fingerprint density at radius 1 is 1.56 bits per heavy atom. The van der Waals surface area contributed by atoms with Crippen molar-refractivity contribution in [2.45, 2.75) is 0 Å². The van der Waals surface area contributed by atoms with E-state index in [4.69, 9.17) is 31.9 Å². The number of nitrogens with two attached hydrogens (primary N) is 1. The van der Waals surface area contributed by atoms with Gasteiger partial charge in [-0.3, -0.25) is 0 Å². The largest absolute Gasteiger partial charge is 0.474 e. The molecule has 0 fully saturated rings. The second-order valence-electron chi connectivity index (χ2n) is 3.07. The fourth-order valence-corrected chi connectivity index (χ4v) is 1.55. The molecule has 0 bridgehead atoms. The lowest BCUT2D eigenvalue weighted by Crippen LogP contribution is -2.10. The van der Waals surface area contributed by atoms with E-state index in [0.29, 0.717) is 40.6 Å². The van der Waals surface area contributed by atoms with Gasteiger partial charge in [0.2, 0.25) is 0 Å². The number of aromatic nitrogens is 1. The molecule has 1 aromatic carbocycles. The van der Waals surface area contributed by atoms with Crippen molar-refractivity contribution in [3.63, 3.8) is 0 Å².